The quantitative estimate of drug-likeness (QED) is 0.854. The van der Waals surface area contributed by atoms with Gasteiger partial charge in [0.15, 0.2) is 0 Å². The molecule has 4 nitrogen and oxygen atoms in total. The van der Waals surface area contributed by atoms with Crippen molar-refractivity contribution in [3.05, 3.63) is 24.0 Å². The van der Waals surface area contributed by atoms with Crippen molar-refractivity contribution in [1.29, 1.82) is 0 Å². The lowest BCUT2D eigenvalue weighted by atomic mass is 9.76. The van der Waals surface area contributed by atoms with Crippen LogP contribution in [0.3, 0.4) is 0 Å². The number of anilines is 1. The van der Waals surface area contributed by atoms with Crippen molar-refractivity contribution < 1.29 is 12.8 Å². The number of nitrogen functional groups attached to an aromatic ring is 1. The summed E-state index contributed by atoms with van der Waals surface area (Å²) in [5.41, 5.74) is 6.00. The summed E-state index contributed by atoms with van der Waals surface area (Å²) in [4.78, 5) is -0.322. The van der Waals surface area contributed by atoms with Gasteiger partial charge in [0.1, 0.15) is 10.7 Å². The van der Waals surface area contributed by atoms with Crippen LogP contribution in [0.4, 0.5) is 10.1 Å². The summed E-state index contributed by atoms with van der Waals surface area (Å²) >= 11 is 0. The standard InChI is InChI=1S/C15H23FN2O2S/c1-15(2,3)11-6-8-18(9-7-11)21(19,20)14-10-12(17)4-5-13(14)16/h4-5,10-11H,6-9,17H2,1-3H3. The fourth-order valence-corrected chi connectivity index (χ4v) is 4.39. The molecule has 1 aliphatic heterocycles. The Balaban J connectivity index is 2.21. The molecule has 1 aromatic rings. The zero-order valence-corrected chi connectivity index (χ0v) is 13.6. The van der Waals surface area contributed by atoms with Crippen LogP contribution in [0.2, 0.25) is 0 Å². The molecule has 0 unspecified atom stereocenters. The molecule has 2 N–H and O–H groups in total. The van der Waals surface area contributed by atoms with Crippen molar-refractivity contribution in [2.45, 2.75) is 38.5 Å². The van der Waals surface area contributed by atoms with Crippen LogP contribution in [0, 0.1) is 17.2 Å². The number of piperidine rings is 1. The number of nitrogens with two attached hydrogens (primary N) is 1. The van der Waals surface area contributed by atoms with Gasteiger partial charge in [0.25, 0.3) is 0 Å². The Hall–Kier alpha value is -1.14. The van der Waals surface area contributed by atoms with E-state index in [9.17, 15) is 12.8 Å². The van der Waals surface area contributed by atoms with Crippen LogP contribution in [0.1, 0.15) is 33.6 Å². The van der Waals surface area contributed by atoms with Crippen LogP contribution in [0.15, 0.2) is 23.1 Å². The van der Waals surface area contributed by atoms with Gasteiger partial charge in [0, 0.05) is 18.8 Å². The Labute approximate surface area is 126 Å². The summed E-state index contributed by atoms with van der Waals surface area (Å²) in [5.74, 6) is -0.267. The third kappa shape index (κ3) is 3.37. The lowest BCUT2D eigenvalue weighted by molar-refractivity contribution is 0.154. The molecular formula is C15H23FN2O2S. The second kappa shape index (κ2) is 5.57. The van der Waals surface area contributed by atoms with Crippen LogP contribution in [0.25, 0.3) is 0 Å². The Bertz CT molecular complexity index is 615. The highest BCUT2D eigenvalue weighted by molar-refractivity contribution is 7.89. The summed E-state index contributed by atoms with van der Waals surface area (Å²) < 4.78 is 40.3. The Morgan fingerprint density at radius 3 is 2.33 bits per heavy atom. The molecule has 0 aliphatic carbocycles. The maximum absolute atomic E-state index is 13.8. The molecule has 21 heavy (non-hydrogen) atoms. The molecule has 0 bridgehead atoms. The first kappa shape index (κ1) is 16.2. The van der Waals surface area contributed by atoms with E-state index in [4.69, 9.17) is 5.73 Å². The minimum absolute atomic E-state index is 0.165. The minimum Gasteiger partial charge on any atom is -0.399 e. The Morgan fingerprint density at radius 2 is 1.81 bits per heavy atom. The van der Waals surface area contributed by atoms with Gasteiger partial charge in [-0.25, -0.2) is 12.8 Å². The maximum Gasteiger partial charge on any atom is 0.246 e. The summed E-state index contributed by atoms with van der Waals surface area (Å²) in [6.07, 6.45) is 1.60. The molecule has 6 heteroatoms. The molecule has 118 valence electrons. The van der Waals surface area contributed by atoms with Gasteiger partial charge in [-0.2, -0.15) is 4.31 Å². The number of sulfonamides is 1. The van der Waals surface area contributed by atoms with Crippen molar-refractivity contribution in [3.8, 4) is 0 Å². The van der Waals surface area contributed by atoms with Crippen LogP contribution >= 0.6 is 0 Å². The number of hydrogen-bond donors (Lipinski definition) is 1. The summed E-state index contributed by atoms with van der Waals surface area (Å²) in [6.45, 7) is 7.36. The first-order valence-electron chi connectivity index (χ1n) is 7.17. The van der Waals surface area contributed by atoms with Crippen molar-refractivity contribution in [1.82, 2.24) is 4.31 Å². The van der Waals surface area contributed by atoms with Gasteiger partial charge in [-0.15, -0.1) is 0 Å². The van der Waals surface area contributed by atoms with Gasteiger partial charge in [-0.3, -0.25) is 0 Å². The van der Waals surface area contributed by atoms with Gasteiger partial charge in [-0.05, 0) is 42.4 Å². The summed E-state index contributed by atoms with van der Waals surface area (Å²) in [6, 6.07) is 3.66. The van der Waals surface area contributed by atoms with E-state index in [1.165, 1.54) is 16.4 Å². The van der Waals surface area contributed by atoms with E-state index in [0.29, 0.717) is 19.0 Å². The summed E-state index contributed by atoms with van der Waals surface area (Å²) in [5, 5.41) is 0. The zero-order chi connectivity index (χ0) is 15.8. The molecule has 0 radical (unpaired) electrons. The van der Waals surface area contributed by atoms with Crippen molar-refractivity contribution in [3.63, 3.8) is 0 Å². The van der Waals surface area contributed by atoms with E-state index in [0.717, 1.165) is 18.9 Å². The molecule has 1 aromatic carbocycles. The fraction of sp³-hybridized carbons (Fsp3) is 0.600. The van der Waals surface area contributed by atoms with E-state index in [2.05, 4.69) is 20.8 Å². The van der Waals surface area contributed by atoms with Crippen molar-refractivity contribution in [2.75, 3.05) is 18.8 Å². The van der Waals surface area contributed by atoms with Crippen molar-refractivity contribution >= 4 is 15.7 Å². The Morgan fingerprint density at radius 1 is 1.24 bits per heavy atom. The van der Waals surface area contributed by atoms with E-state index >= 15 is 0 Å². The summed E-state index contributed by atoms with van der Waals surface area (Å²) in [7, 11) is -3.81. The monoisotopic (exact) mass is 314 g/mol. The van der Waals surface area contributed by atoms with Crippen molar-refractivity contribution in [2.24, 2.45) is 11.3 Å². The number of halogens is 1. The van der Waals surface area contributed by atoms with Gasteiger partial charge in [-0.1, -0.05) is 20.8 Å². The van der Waals surface area contributed by atoms with Gasteiger partial charge >= 0.3 is 0 Å². The van der Waals surface area contributed by atoms with Gasteiger partial charge in [0.2, 0.25) is 10.0 Å². The highest BCUT2D eigenvalue weighted by Gasteiger charge is 2.35. The van der Waals surface area contributed by atoms with Crippen LogP contribution in [-0.2, 0) is 10.0 Å². The first-order valence-corrected chi connectivity index (χ1v) is 8.61. The second-order valence-electron chi connectivity index (χ2n) is 6.73. The van der Waals surface area contributed by atoms with E-state index in [-0.39, 0.29) is 16.0 Å². The molecule has 0 aromatic heterocycles. The molecule has 1 heterocycles. The van der Waals surface area contributed by atoms with Gasteiger partial charge < -0.3 is 5.73 Å². The van der Waals surface area contributed by atoms with Crippen LogP contribution in [-0.4, -0.2) is 25.8 Å². The number of benzene rings is 1. The molecule has 2 rings (SSSR count). The normalized spacial score (nSPS) is 18.9. The molecule has 0 saturated carbocycles. The van der Waals surface area contributed by atoms with Crippen LogP contribution in [0.5, 0.6) is 0 Å². The number of hydrogen-bond acceptors (Lipinski definition) is 3. The maximum atomic E-state index is 13.8. The lowest BCUT2D eigenvalue weighted by Gasteiger charge is -2.38. The predicted molar refractivity (Wildman–Crippen MR) is 81.8 cm³/mol. The minimum atomic E-state index is -3.81. The SMILES string of the molecule is CC(C)(C)C1CCN(S(=O)(=O)c2cc(N)ccc2F)CC1. The predicted octanol–water partition coefficient (Wildman–Crippen LogP) is 2.85. The number of nitrogens with zero attached hydrogens (tertiary/aromatic N) is 1. The fourth-order valence-electron chi connectivity index (χ4n) is 2.82. The Kier molecular flexibility index (Phi) is 4.31. The first-order chi connectivity index (χ1) is 9.62. The third-order valence-corrected chi connectivity index (χ3v) is 6.17. The van der Waals surface area contributed by atoms with E-state index < -0.39 is 15.8 Å². The molecular weight excluding hydrogens is 291 g/mol. The van der Waals surface area contributed by atoms with E-state index in [1.54, 1.807) is 0 Å². The smallest absolute Gasteiger partial charge is 0.246 e. The highest BCUT2D eigenvalue weighted by atomic mass is 32.2. The third-order valence-electron chi connectivity index (χ3n) is 4.25. The average Bonchev–Trinajstić information content (AvgIpc) is 2.40. The second-order valence-corrected chi connectivity index (χ2v) is 8.64. The zero-order valence-electron chi connectivity index (χ0n) is 12.8. The molecule has 1 aliphatic rings. The number of rotatable bonds is 2. The molecule has 0 atom stereocenters. The van der Waals surface area contributed by atoms with Gasteiger partial charge in [0.05, 0.1) is 0 Å². The van der Waals surface area contributed by atoms with Crippen LogP contribution < -0.4 is 5.73 Å². The molecule has 1 fully saturated rings. The molecule has 1 saturated heterocycles. The topological polar surface area (TPSA) is 63.4 Å². The molecule has 0 amide bonds. The van der Waals surface area contributed by atoms with E-state index in [1.807, 2.05) is 0 Å². The lowest BCUT2D eigenvalue weighted by Crippen LogP contribution is -2.41. The molecule has 0 spiro atoms. The highest BCUT2D eigenvalue weighted by Crippen LogP contribution is 2.36. The average molecular weight is 314 g/mol. The largest absolute Gasteiger partial charge is 0.399 e.